The van der Waals surface area contributed by atoms with Gasteiger partial charge in [0.05, 0.1) is 4.92 Å². The van der Waals surface area contributed by atoms with Crippen molar-refractivity contribution in [2.45, 2.75) is 51.0 Å². The minimum absolute atomic E-state index is 0.0120. The Hall–Kier alpha value is -2.11. The molecule has 120 valence electrons. The summed E-state index contributed by atoms with van der Waals surface area (Å²) >= 11 is 0. The highest BCUT2D eigenvalue weighted by Gasteiger charge is 2.15. The monoisotopic (exact) mass is 305 g/mol. The molecule has 0 radical (unpaired) electrons. The highest BCUT2D eigenvalue weighted by molar-refractivity contribution is 5.77. The second kappa shape index (κ2) is 8.36. The van der Waals surface area contributed by atoms with E-state index >= 15 is 0 Å². The molecule has 1 aliphatic rings. The van der Waals surface area contributed by atoms with Crippen molar-refractivity contribution in [3.05, 3.63) is 34.4 Å². The van der Waals surface area contributed by atoms with Gasteiger partial charge in [0.2, 0.25) is 5.91 Å². The number of carbonyl (C=O) groups is 1. The predicted octanol–water partition coefficient (Wildman–Crippen LogP) is 3.24. The summed E-state index contributed by atoms with van der Waals surface area (Å²) in [6, 6.07) is 6.76. The Morgan fingerprint density at radius 2 is 1.86 bits per heavy atom. The van der Waals surface area contributed by atoms with Crippen LogP contribution in [0.15, 0.2) is 24.3 Å². The van der Waals surface area contributed by atoms with Crippen molar-refractivity contribution >= 4 is 17.3 Å². The normalized spacial score (nSPS) is 15.8. The van der Waals surface area contributed by atoms with E-state index in [-0.39, 0.29) is 11.6 Å². The van der Waals surface area contributed by atoms with E-state index in [1.807, 2.05) is 0 Å². The number of amides is 1. The van der Waals surface area contributed by atoms with Crippen molar-refractivity contribution < 1.29 is 9.72 Å². The zero-order valence-corrected chi connectivity index (χ0v) is 12.7. The van der Waals surface area contributed by atoms with Crippen LogP contribution in [-0.2, 0) is 4.79 Å². The Labute approximate surface area is 130 Å². The van der Waals surface area contributed by atoms with Gasteiger partial charge in [0.25, 0.3) is 5.69 Å². The molecule has 0 unspecified atom stereocenters. The number of nitro groups is 1. The van der Waals surface area contributed by atoms with Crippen molar-refractivity contribution in [2.75, 3.05) is 11.9 Å². The maximum Gasteiger partial charge on any atom is 0.292 e. The minimum atomic E-state index is -0.423. The van der Waals surface area contributed by atoms with Gasteiger partial charge in [-0.1, -0.05) is 37.8 Å². The molecular formula is C16H23N3O3. The summed E-state index contributed by atoms with van der Waals surface area (Å²) < 4.78 is 0. The highest BCUT2D eigenvalue weighted by Crippen LogP contribution is 2.23. The van der Waals surface area contributed by atoms with E-state index in [4.69, 9.17) is 0 Å². The molecule has 1 fully saturated rings. The summed E-state index contributed by atoms with van der Waals surface area (Å²) in [6.45, 7) is 0.392. The van der Waals surface area contributed by atoms with Crippen LogP contribution >= 0.6 is 0 Å². The quantitative estimate of drug-likeness (QED) is 0.480. The average molecular weight is 305 g/mol. The first kappa shape index (κ1) is 16.3. The molecule has 2 N–H and O–H groups in total. The first-order valence-corrected chi connectivity index (χ1v) is 7.93. The number of carbonyl (C=O) groups excluding carboxylic acids is 1. The molecule has 0 aromatic heterocycles. The second-order valence-electron chi connectivity index (χ2n) is 5.71. The van der Waals surface area contributed by atoms with E-state index in [1.165, 1.54) is 31.7 Å². The van der Waals surface area contributed by atoms with Gasteiger partial charge in [0.15, 0.2) is 0 Å². The molecule has 1 aromatic rings. The van der Waals surface area contributed by atoms with Crippen molar-refractivity contribution in [1.82, 2.24) is 5.32 Å². The van der Waals surface area contributed by atoms with Gasteiger partial charge in [-0.25, -0.2) is 0 Å². The standard InChI is InChI=1S/C16H23N3O3/c20-16(18-13-7-3-1-2-4-8-13)11-12-17-14-9-5-6-10-15(14)19(21)22/h5-6,9-10,13,17H,1-4,7-8,11-12H2,(H,18,20). The lowest BCUT2D eigenvalue weighted by Crippen LogP contribution is -2.35. The smallest absolute Gasteiger partial charge is 0.292 e. The molecule has 1 aliphatic carbocycles. The fourth-order valence-corrected chi connectivity index (χ4v) is 2.82. The van der Waals surface area contributed by atoms with Gasteiger partial charge in [-0.3, -0.25) is 14.9 Å². The summed E-state index contributed by atoms with van der Waals surface area (Å²) in [5.41, 5.74) is 0.487. The summed E-state index contributed by atoms with van der Waals surface area (Å²) in [7, 11) is 0. The zero-order valence-electron chi connectivity index (χ0n) is 12.7. The van der Waals surface area contributed by atoms with Crippen LogP contribution < -0.4 is 10.6 Å². The zero-order chi connectivity index (χ0) is 15.8. The maximum atomic E-state index is 11.9. The molecule has 6 nitrogen and oxygen atoms in total. The van der Waals surface area contributed by atoms with E-state index in [2.05, 4.69) is 10.6 Å². The van der Waals surface area contributed by atoms with Crippen molar-refractivity contribution in [1.29, 1.82) is 0 Å². The number of nitrogens with zero attached hydrogens (tertiary/aromatic N) is 1. The van der Waals surface area contributed by atoms with Gasteiger partial charge in [0.1, 0.15) is 5.69 Å². The number of anilines is 1. The van der Waals surface area contributed by atoms with Crippen LogP contribution in [0.2, 0.25) is 0 Å². The van der Waals surface area contributed by atoms with Crippen LogP contribution in [-0.4, -0.2) is 23.4 Å². The summed E-state index contributed by atoms with van der Waals surface area (Å²) in [4.78, 5) is 22.4. The molecule has 1 saturated carbocycles. The van der Waals surface area contributed by atoms with Crippen LogP contribution in [0.3, 0.4) is 0 Å². The third kappa shape index (κ3) is 5.02. The lowest BCUT2D eigenvalue weighted by molar-refractivity contribution is -0.384. The lowest BCUT2D eigenvalue weighted by Gasteiger charge is -2.16. The molecule has 22 heavy (non-hydrogen) atoms. The largest absolute Gasteiger partial charge is 0.379 e. The number of nitro benzene ring substituents is 1. The number of hydrogen-bond acceptors (Lipinski definition) is 4. The fourth-order valence-electron chi connectivity index (χ4n) is 2.82. The fraction of sp³-hybridized carbons (Fsp3) is 0.562. The van der Waals surface area contributed by atoms with Gasteiger partial charge in [-0.15, -0.1) is 0 Å². The van der Waals surface area contributed by atoms with Crippen LogP contribution in [0.4, 0.5) is 11.4 Å². The summed E-state index contributed by atoms with van der Waals surface area (Å²) in [6.07, 6.45) is 7.31. The third-order valence-electron chi connectivity index (χ3n) is 3.99. The van der Waals surface area contributed by atoms with Crippen LogP contribution in [0.5, 0.6) is 0 Å². The number of hydrogen-bond donors (Lipinski definition) is 2. The van der Waals surface area contributed by atoms with Crippen LogP contribution in [0.25, 0.3) is 0 Å². The molecule has 6 heteroatoms. The molecule has 0 saturated heterocycles. The van der Waals surface area contributed by atoms with Crippen molar-refractivity contribution in [2.24, 2.45) is 0 Å². The Balaban J connectivity index is 1.76. The molecule has 0 atom stereocenters. The first-order chi connectivity index (χ1) is 10.7. The Kier molecular flexibility index (Phi) is 6.18. The van der Waals surface area contributed by atoms with Gasteiger partial charge in [-0.05, 0) is 18.9 Å². The van der Waals surface area contributed by atoms with E-state index in [9.17, 15) is 14.9 Å². The number of rotatable bonds is 6. The van der Waals surface area contributed by atoms with Crippen LogP contribution in [0.1, 0.15) is 44.9 Å². The second-order valence-corrected chi connectivity index (χ2v) is 5.71. The number of nitrogens with one attached hydrogen (secondary N) is 2. The summed E-state index contributed by atoms with van der Waals surface area (Å²) in [5, 5.41) is 16.9. The molecule has 0 bridgehead atoms. The topological polar surface area (TPSA) is 84.3 Å². The highest BCUT2D eigenvalue weighted by atomic mass is 16.6. The van der Waals surface area contributed by atoms with Crippen LogP contribution in [0, 0.1) is 10.1 Å². The van der Waals surface area contributed by atoms with Gasteiger partial charge in [-0.2, -0.15) is 0 Å². The molecular weight excluding hydrogens is 282 g/mol. The van der Waals surface area contributed by atoms with E-state index < -0.39 is 4.92 Å². The summed E-state index contributed by atoms with van der Waals surface area (Å²) in [5.74, 6) is 0.0120. The van der Waals surface area contributed by atoms with Gasteiger partial charge < -0.3 is 10.6 Å². The van der Waals surface area contributed by atoms with Gasteiger partial charge in [0, 0.05) is 25.1 Å². The lowest BCUT2D eigenvalue weighted by atomic mass is 10.1. The van der Waals surface area contributed by atoms with E-state index in [1.54, 1.807) is 18.2 Å². The molecule has 1 amide bonds. The molecule has 1 aromatic carbocycles. The first-order valence-electron chi connectivity index (χ1n) is 7.93. The number of para-hydroxylation sites is 2. The Morgan fingerprint density at radius 1 is 1.18 bits per heavy atom. The van der Waals surface area contributed by atoms with Gasteiger partial charge >= 0.3 is 0 Å². The van der Waals surface area contributed by atoms with Crippen molar-refractivity contribution in [3.63, 3.8) is 0 Å². The third-order valence-corrected chi connectivity index (χ3v) is 3.99. The molecule has 0 aliphatic heterocycles. The number of benzene rings is 1. The Morgan fingerprint density at radius 3 is 2.55 bits per heavy atom. The molecule has 0 heterocycles. The molecule has 2 rings (SSSR count). The SMILES string of the molecule is O=C(CCNc1ccccc1[N+](=O)[O-])NC1CCCCCC1. The Bertz CT molecular complexity index is 511. The minimum Gasteiger partial charge on any atom is -0.379 e. The predicted molar refractivity (Wildman–Crippen MR) is 85.8 cm³/mol. The maximum absolute atomic E-state index is 11.9. The van der Waals surface area contributed by atoms with E-state index in [0.717, 1.165) is 12.8 Å². The molecule has 0 spiro atoms. The average Bonchev–Trinajstić information content (AvgIpc) is 2.76. The van der Waals surface area contributed by atoms with Crippen molar-refractivity contribution in [3.8, 4) is 0 Å². The van der Waals surface area contributed by atoms with E-state index in [0.29, 0.717) is 24.7 Å².